The molecule has 218 valence electrons. The Balaban J connectivity index is 1.37. The number of rotatable bonds is 5. The van der Waals surface area contributed by atoms with E-state index in [1.165, 1.54) is 13.2 Å². The summed E-state index contributed by atoms with van der Waals surface area (Å²) >= 11 is 0. The van der Waals surface area contributed by atoms with Crippen LogP contribution in [-0.2, 0) is 35.6 Å². The van der Waals surface area contributed by atoms with Crippen molar-refractivity contribution in [3.63, 3.8) is 0 Å². The molecule has 11 heteroatoms. The number of hydrogen-bond acceptors (Lipinski definition) is 5. The van der Waals surface area contributed by atoms with Crippen molar-refractivity contribution in [1.29, 1.82) is 0 Å². The highest BCUT2D eigenvalue weighted by atomic mass is 19.4. The summed E-state index contributed by atoms with van der Waals surface area (Å²) in [6.45, 7) is 2.26. The molecule has 4 aromatic rings. The Bertz CT molecular complexity index is 1680. The Kier molecular flexibility index (Phi) is 7.22. The van der Waals surface area contributed by atoms with Crippen LogP contribution in [0, 0.1) is 0 Å². The van der Waals surface area contributed by atoms with Gasteiger partial charge in [-0.25, -0.2) is 0 Å². The third kappa shape index (κ3) is 5.02. The van der Waals surface area contributed by atoms with E-state index in [-0.39, 0.29) is 17.4 Å². The maximum atomic E-state index is 13.9. The van der Waals surface area contributed by atoms with Crippen molar-refractivity contribution >= 4 is 22.7 Å². The number of morpholine rings is 1. The normalized spacial score (nSPS) is 17.5. The van der Waals surface area contributed by atoms with Crippen molar-refractivity contribution in [2.45, 2.75) is 31.5 Å². The Morgan fingerprint density at radius 2 is 1.76 bits per heavy atom. The summed E-state index contributed by atoms with van der Waals surface area (Å²) in [5.74, 6) is -0.195. The molecule has 2 aliphatic heterocycles. The number of carbonyl (C=O) groups excluding carboxylic acids is 2. The minimum atomic E-state index is -4.64. The Morgan fingerprint density at radius 1 is 1.02 bits per heavy atom. The van der Waals surface area contributed by atoms with Gasteiger partial charge in [-0.3, -0.25) is 19.3 Å². The summed E-state index contributed by atoms with van der Waals surface area (Å²) < 4.78 is 48.2. The fourth-order valence-electron chi connectivity index (χ4n) is 6.10. The number of hydrogen-bond donors (Lipinski definition) is 0. The molecule has 6 rings (SSSR count). The lowest BCUT2D eigenvalue weighted by molar-refractivity contribution is -0.141. The number of nitrogens with zero attached hydrogens (tertiary/aromatic N) is 5. The first-order chi connectivity index (χ1) is 20.1. The number of carbonyl (C=O) groups is 2. The van der Waals surface area contributed by atoms with Gasteiger partial charge in [-0.2, -0.15) is 18.3 Å². The lowest BCUT2D eigenvalue weighted by Crippen LogP contribution is -2.40. The molecular weight excluding hydrogens is 547 g/mol. The van der Waals surface area contributed by atoms with E-state index in [0.717, 1.165) is 26.7 Å². The van der Waals surface area contributed by atoms with Gasteiger partial charge in [0.2, 0.25) is 5.91 Å². The summed E-state index contributed by atoms with van der Waals surface area (Å²) in [5.41, 5.74) is 2.77. The van der Waals surface area contributed by atoms with Gasteiger partial charge in [-0.05, 0) is 47.2 Å². The summed E-state index contributed by atoms with van der Waals surface area (Å²) in [5, 5.41) is 4.53. The number of aryl methyl sites for hydroxylation is 2. The van der Waals surface area contributed by atoms with Crippen LogP contribution >= 0.6 is 0 Å². The number of likely N-dealkylation sites (N-methyl/N-ethyl adjacent to an activating group) is 1. The summed E-state index contributed by atoms with van der Waals surface area (Å²) in [6, 6.07) is 12.1. The number of halogens is 3. The van der Waals surface area contributed by atoms with Crippen molar-refractivity contribution in [3.8, 4) is 11.1 Å². The number of amides is 2. The molecule has 2 amide bonds. The summed E-state index contributed by atoms with van der Waals surface area (Å²) in [7, 11) is 3.16. The second-order valence-electron chi connectivity index (χ2n) is 10.7. The number of ether oxygens (including phenoxy) is 1. The minimum Gasteiger partial charge on any atom is -0.378 e. The van der Waals surface area contributed by atoms with Gasteiger partial charge in [0, 0.05) is 62.5 Å². The molecule has 1 saturated heterocycles. The number of alkyl halides is 3. The fraction of sp³-hybridized carbons (Fsp3) is 0.355. The first kappa shape index (κ1) is 27.9. The zero-order valence-corrected chi connectivity index (χ0v) is 23.3. The summed E-state index contributed by atoms with van der Waals surface area (Å²) in [6.07, 6.45) is -0.433. The first-order valence-electron chi connectivity index (χ1n) is 13.9. The van der Waals surface area contributed by atoms with E-state index in [1.807, 2.05) is 29.2 Å². The van der Waals surface area contributed by atoms with Crippen LogP contribution in [0.5, 0.6) is 0 Å². The minimum absolute atomic E-state index is 0.0511. The Hall–Kier alpha value is -4.25. The molecule has 0 spiro atoms. The van der Waals surface area contributed by atoms with Crippen LogP contribution in [0.25, 0.3) is 22.0 Å². The van der Waals surface area contributed by atoms with E-state index >= 15 is 0 Å². The van der Waals surface area contributed by atoms with Crippen LogP contribution in [-0.4, -0.2) is 69.7 Å². The van der Waals surface area contributed by atoms with E-state index < -0.39 is 17.9 Å². The van der Waals surface area contributed by atoms with Crippen LogP contribution in [0.2, 0.25) is 0 Å². The van der Waals surface area contributed by atoms with Crippen molar-refractivity contribution in [3.05, 3.63) is 82.8 Å². The van der Waals surface area contributed by atoms with Gasteiger partial charge in [0.1, 0.15) is 0 Å². The number of aromatic nitrogens is 3. The van der Waals surface area contributed by atoms with Crippen molar-refractivity contribution in [1.82, 2.24) is 24.6 Å². The largest absolute Gasteiger partial charge is 0.435 e. The van der Waals surface area contributed by atoms with Crippen LogP contribution in [0.15, 0.2) is 54.9 Å². The van der Waals surface area contributed by atoms with Gasteiger partial charge in [0.05, 0.1) is 24.8 Å². The standard InChI is InChI=1S/C31H30F3N5O3/c1-37-18-25(29(36-37)31(32,33)34)20-6-4-8-23-24(20)17-26(38(2)30(23)41)21-11-12-35-28-19(5-3-7-22(21)28)9-10-27(40)39-13-15-42-16-14-39/h3-8,11-12,18,26H,9-10,13-17H2,1-2H3. The average molecular weight is 578 g/mol. The van der Waals surface area contributed by atoms with Gasteiger partial charge in [0.15, 0.2) is 5.69 Å². The molecule has 1 atom stereocenters. The van der Waals surface area contributed by atoms with Gasteiger partial charge in [0.25, 0.3) is 5.91 Å². The Labute approximate surface area is 240 Å². The number of pyridine rings is 1. The van der Waals surface area contributed by atoms with Crippen molar-refractivity contribution < 1.29 is 27.5 Å². The quantitative estimate of drug-likeness (QED) is 0.340. The zero-order chi connectivity index (χ0) is 29.6. The van der Waals surface area contributed by atoms with Gasteiger partial charge in [-0.15, -0.1) is 0 Å². The molecule has 0 bridgehead atoms. The maximum Gasteiger partial charge on any atom is 0.435 e. The Morgan fingerprint density at radius 3 is 2.52 bits per heavy atom. The maximum absolute atomic E-state index is 13.9. The molecule has 1 unspecified atom stereocenters. The third-order valence-corrected chi connectivity index (χ3v) is 8.20. The molecule has 4 heterocycles. The van der Waals surface area contributed by atoms with E-state index in [4.69, 9.17) is 4.74 Å². The van der Waals surface area contributed by atoms with E-state index in [9.17, 15) is 22.8 Å². The second kappa shape index (κ2) is 10.9. The first-order valence-corrected chi connectivity index (χ1v) is 13.9. The van der Waals surface area contributed by atoms with Crippen molar-refractivity contribution in [2.24, 2.45) is 7.05 Å². The monoisotopic (exact) mass is 577 g/mol. The SMILES string of the molecule is CN1C(=O)c2cccc(-c3cn(C)nc3C(F)(F)F)c2CC1c1ccnc2c(CCC(=O)N3CCOCC3)cccc12. The summed E-state index contributed by atoms with van der Waals surface area (Å²) in [4.78, 5) is 34.5. The average Bonchev–Trinajstić information content (AvgIpc) is 3.39. The second-order valence-corrected chi connectivity index (χ2v) is 10.7. The highest BCUT2D eigenvalue weighted by molar-refractivity contribution is 6.00. The predicted octanol–water partition coefficient (Wildman–Crippen LogP) is 4.81. The van der Waals surface area contributed by atoms with Crippen LogP contribution < -0.4 is 0 Å². The van der Waals surface area contributed by atoms with E-state index in [0.29, 0.717) is 62.3 Å². The van der Waals surface area contributed by atoms with Gasteiger partial charge >= 0.3 is 6.18 Å². The molecule has 0 aliphatic carbocycles. The topological polar surface area (TPSA) is 80.6 Å². The number of para-hydroxylation sites is 1. The van der Waals surface area contributed by atoms with Gasteiger partial charge < -0.3 is 14.5 Å². The molecule has 0 N–H and O–H groups in total. The highest BCUT2D eigenvalue weighted by Crippen LogP contribution is 2.42. The zero-order valence-electron chi connectivity index (χ0n) is 23.3. The van der Waals surface area contributed by atoms with E-state index in [1.54, 1.807) is 36.3 Å². The lowest BCUT2D eigenvalue weighted by Gasteiger charge is -2.35. The molecule has 0 radical (unpaired) electrons. The molecule has 8 nitrogen and oxygen atoms in total. The molecule has 1 fully saturated rings. The number of benzene rings is 2. The van der Waals surface area contributed by atoms with E-state index in [2.05, 4.69) is 10.1 Å². The lowest BCUT2D eigenvalue weighted by atomic mass is 9.84. The molecule has 2 aliphatic rings. The number of fused-ring (bicyclic) bond motifs is 2. The molecular formula is C31H30F3N5O3. The molecule has 2 aromatic heterocycles. The molecule has 42 heavy (non-hydrogen) atoms. The fourth-order valence-corrected chi connectivity index (χ4v) is 6.10. The van der Waals surface area contributed by atoms with Crippen molar-refractivity contribution in [2.75, 3.05) is 33.4 Å². The predicted molar refractivity (Wildman–Crippen MR) is 150 cm³/mol. The van der Waals surface area contributed by atoms with Crippen LogP contribution in [0.4, 0.5) is 13.2 Å². The van der Waals surface area contributed by atoms with Gasteiger partial charge in [-0.1, -0.05) is 30.3 Å². The van der Waals surface area contributed by atoms with Crippen LogP contribution in [0.3, 0.4) is 0 Å². The van der Waals surface area contributed by atoms with Crippen LogP contribution in [0.1, 0.15) is 45.2 Å². The molecule has 0 saturated carbocycles. The smallest absolute Gasteiger partial charge is 0.378 e. The highest BCUT2D eigenvalue weighted by Gasteiger charge is 2.39. The molecule has 2 aromatic carbocycles. The third-order valence-electron chi connectivity index (χ3n) is 8.20.